The van der Waals surface area contributed by atoms with Crippen molar-refractivity contribution in [3.63, 3.8) is 0 Å². The number of benzene rings is 5. The van der Waals surface area contributed by atoms with Gasteiger partial charge in [0.1, 0.15) is 25.3 Å². The maximum atomic E-state index is 12.8. The number of rotatable bonds is 20. The fraction of sp³-hybridized carbons (Fsp3) is 0.337. The van der Waals surface area contributed by atoms with Gasteiger partial charge in [-0.1, -0.05) is 152 Å². The van der Waals surface area contributed by atoms with Gasteiger partial charge in [-0.15, -0.1) is 32.8 Å². The van der Waals surface area contributed by atoms with Crippen LogP contribution in [0.2, 0.25) is 0 Å². The van der Waals surface area contributed by atoms with Crippen LogP contribution < -0.4 is 46.9 Å². The van der Waals surface area contributed by atoms with Gasteiger partial charge in [0.15, 0.2) is 23.1 Å². The number of halogens is 2. The molecule has 2 atom stereocenters. The highest BCUT2D eigenvalue weighted by atomic mass is 35.5. The minimum Gasteiger partial charge on any atom is -0.488 e. The minimum atomic E-state index is -1.08. The smallest absolute Gasteiger partial charge is 0.396 e. The summed E-state index contributed by atoms with van der Waals surface area (Å²) in [5.74, 6) is 2.49. The SMILES string of the molecule is CCOC(=O)C(=O)CNC(=O)C1(c2ccccc2)CC1.CCOC(=O)C(=O)Cl.CCOC(=O)c1nnc(C2(c3ccccc3)CC2)o1.CN1C(=O)[C@@H](N)COc2cccnc21.CN1C(=O)[C@@H](NC(=O)c2nnc(C3(c4ccccc4)CC3)o2)COc2cccnc21.Cl.NNC(=O)C1(c2ccccc2)CC1.O=C(O)C1(c2ccccc2)CC1. The molecule has 0 saturated heterocycles. The molecule has 8 N–H and O–H groups in total. The first-order valence-electron chi connectivity index (χ1n) is 37.4. The summed E-state index contributed by atoms with van der Waals surface area (Å²) < 4.78 is 35.8. The summed E-state index contributed by atoms with van der Waals surface area (Å²) >= 11 is 4.69. The molecule has 5 saturated carbocycles. The van der Waals surface area contributed by atoms with Gasteiger partial charge >= 0.3 is 46.8 Å². The van der Waals surface area contributed by atoms with E-state index in [-0.39, 0.29) is 97.0 Å². The molecule has 614 valence electrons. The molecule has 5 aromatic carbocycles. The highest BCUT2D eigenvalue weighted by Crippen LogP contribution is 2.55. The summed E-state index contributed by atoms with van der Waals surface area (Å²) in [4.78, 5) is 137. The van der Waals surface area contributed by atoms with E-state index in [0.29, 0.717) is 41.5 Å². The molecule has 32 nitrogen and oxygen atoms in total. The second-order valence-corrected chi connectivity index (χ2v) is 27.9. The van der Waals surface area contributed by atoms with E-state index < -0.39 is 63.7 Å². The number of nitrogens with one attached hydrogen (secondary N) is 3. The average molecular weight is 1640 g/mol. The van der Waals surface area contributed by atoms with E-state index in [2.05, 4.69) is 55.9 Å². The van der Waals surface area contributed by atoms with Crippen LogP contribution in [0.3, 0.4) is 0 Å². The number of Topliss-reactive ketones (excluding diaryl/α,β-unsaturated/α-hetero) is 1. The molecule has 0 bridgehead atoms. The molecule has 6 heterocycles. The largest absolute Gasteiger partial charge is 0.488 e. The Kier molecular flexibility index (Phi) is 30.3. The van der Waals surface area contributed by atoms with Gasteiger partial charge in [0.2, 0.25) is 29.5 Å². The summed E-state index contributed by atoms with van der Waals surface area (Å²) in [6.45, 7) is 5.43. The number of ketones is 1. The lowest BCUT2D eigenvalue weighted by atomic mass is 9.95. The summed E-state index contributed by atoms with van der Waals surface area (Å²) in [7, 11) is 3.23. The zero-order valence-corrected chi connectivity index (χ0v) is 66.3. The first-order valence-corrected chi connectivity index (χ1v) is 37.7. The molecule has 117 heavy (non-hydrogen) atoms. The maximum Gasteiger partial charge on any atom is 0.396 e. The number of fused-ring (bicyclic) bond motifs is 2. The molecule has 5 amide bonds. The van der Waals surface area contributed by atoms with Gasteiger partial charge in [-0.05, 0) is 149 Å². The van der Waals surface area contributed by atoms with E-state index >= 15 is 0 Å². The highest BCUT2D eigenvalue weighted by molar-refractivity contribution is 6.80. The molecule has 16 rings (SSSR count). The fourth-order valence-corrected chi connectivity index (χ4v) is 12.8. The second-order valence-electron chi connectivity index (χ2n) is 27.6. The number of nitrogens with two attached hydrogens (primary N) is 2. The number of esters is 3. The molecule has 34 heteroatoms. The number of hydrazine groups is 1. The predicted molar refractivity (Wildman–Crippen MR) is 424 cm³/mol. The Morgan fingerprint density at radius 2 is 0.897 bits per heavy atom. The zero-order valence-electron chi connectivity index (χ0n) is 64.7. The van der Waals surface area contributed by atoms with Gasteiger partial charge in [-0.3, -0.25) is 53.6 Å². The van der Waals surface area contributed by atoms with Crippen molar-refractivity contribution in [1.29, 1.82) is 0 Å². The lowest BCUT2D eigenvalue weighted by Crippen LogP contribution is -2.49. The number of carboxylic acid groups (broad SMARTS) is 1. The molecule has 2 aliphatic heterocycles. The zero-order chi connectivity index (χ0) is 83.2. The minimum absolute atomic E-state index is 0. The van der Waals surface area contributed by atoms with Crippen molar-refractivity contribution in [2.24, 2.45) is 11.6 Å². The van der Waals surface area contributed by atoms with Crippen LogP contribution in [0, 0.1) is 0 Å². The lowest BCUT2D eigenvalue weighted by molar-refractivity contribution is -0.153. The molecule has 0 radical (unpaired) electrons. The second kappa shape index (κ2) is 40.1. The quantitative estimate of drug-likeness (QED) is 0.00800. The van der Waals surface area contributed by atoms with Crippen molar-refractivity contribution in [2.45, 2.75) is 124 Å². The Bertz CT molecular complexity index is 4950. The van der Waals surface area contributed by atoms with E-state index in [1.54, 1.807) is 71.5 Å². The molecule has 0 spiro atoms. The maximum absolute atomic E-state index is 12.8. The van der Waals surface area contributed by atoms with Crippen molar-refractivity contribution in [2.75, 3.05) is 63.5 Å². The fourth-order valence-electron chi connectivity index (χ4n) is 12.7. The van der Waals surface area contributed by atoms with Crippen molar-refractivity contribution in [3.8, 4) is 11.5 Å². The number of carbonyl (C=O) groups excluding carboxylic acids is 10. The summed E-state index contributed by atoms with van der Waals surface area (Å²) in [6, 6.07) is 54.1. The Labute approximate surface area is 683 Å². The van der Waals surface area contributed by atoms with Crippen LogP contribution >= 0.6 is 24.0 Å². The summed E-state index contributed by atoms with van der Waals surface area (Å²) in [6.07, 6.45) is 11.8. The monoisotopic (exact) mass is 1640 g/mol. The van der Waals surface area contributed by atoms with Crippen molar-refractivity contribution in [1.82, 2.24) is 46.4 Å². The average Bonchev–Trinajstić information content (AvgIpc) is 1.59. The van der Waals surface area contributed by atoms with E-state index in [9.17, 15) is 52.7 Å². The number of ether oxygens (including phenoxy) is 5. The Morgan fingerprint density at radius 1 is 0.504 bits per heavy atom. The van der Waals surface area contributed by atoms with Crippen LogP contribution in [-0.4, -0.2) is 166 Å². The van der Waals surface area contributed by atoms with Gasteiger partial charge in [0.25, 0.3) is 11.7 Å². The summed E-state index contributed by atoms with van der Waals surface area (Å²) in [5, 5.41) is 28.9. The molecule has 7 aliphatic rings. The van der Waals surface area contributed by atoms with Gasteiger partial charge in [-0.25, -0.2) is 30.2 Å². The third-order valence-electron chi connectivity index (χ3n) is 20.0. The van der Waals surface area contributed by atoms with Crippen LogP contribution in [0.15, 0.2) is 197 Å². The van der Waals surface area contributed by atoms with E-state index in [1.807, 2.05) is 152 Å². The van der Waals surface area contributed by atoms with Crippen molar-refractivity contribution < 1.29 is 90.4 Å². The normalized spacial score (nSPS) is 17.2. The van der Waals surface area contributed by atoms with Crippen LogP contribution in [0.25, 0.3) is 0 Å². The number of pyridine rings is 2. The van der Waals surface area contributed by atoms with Crippen LogP contribution in [0.1, 0.15) is 146 Å². The number of carbonyl (C=O) groups is 11. The molecular formula is C83H89Cl2N13O19. The Balaban J connectivity index is 0.000000161. The number of aliphatic carboxylic acids is 1. The van der Waals surface area contributed by atoms with E-state index in [0.717, 1.165) is 92.0 Å². The molecule has 5 fully saturated rings. The predicted octanol–water partition coefficient (Wildman–Crippen LogP) is 8.00. The molecular weight excluding hydrogens is 1550 g/mol. The number of amides is 5. The molecule has 9 aromatic rings. The number of anilines is 2. The van der Waals surface area contributed by atoms with Gasteiger partial charge in [-0.2, -0.15) is 0 Å². The first kappa shape index (κ1) is 88.3. The van der Waals surface area contributed by atoms with E-state index in [1.165, 1.54) is 9.80 Å². The number of hydrogen-bond donors (Lipinski definition) is 6. The topological polar surface area (TPSA) is 452 Å². The third kappa shape index (κ3) is 21.5. The Hall–Kier alpha value is -12.7. The van der Waals surface area contributed by atoms with Crippen molar-refractivity contribution >= 4 is 100 Å². The number of hydrogen-bond acceptors (Lipinski definition) is 26. The van der Waals surface area contributed by atoms with Gasteiger partial charge in [0, 0.05) is 26.5 Å². The summed E-state index contributed by atoms with van der Waals surface area (Å²) in [5.41, 5.74) is 11.1. The van der Waals surface area contributed by atoms with Crippen LogP contribution in [-0.2, 0) is 84.4 Å². The number of likely N-dealkylation sites (N-methyl/N-ethyl adjacent to an activating group) is 2. The van der Waals surface area contributed by atoms with Crippen LogP contribution in [0.4, 0.5) is 11.6 Å². The van der Waals surface area contributed by atoms with E-state index in [4.69, 9.17) is 51.3 Å². The number of nitrogens with zero attached hydrogens (tertiary/aromatic N) is 8. The highest BCUT2D eigenvalue weighted by Gasteiger charge is 2.55. The first-order chi connectivity index (χ1) is 55.9. The third-order valence-corrected chi connectivity index (χ3v) is 20.2. The molecule has 0 unspecified atom stereocenters. The molecule has 4 aromatic heterocycles. The number of aromatic nitrogens is 6. The number of carboxylic acids is 1. The Morgan fingerprint density at radius 3 is 1.30 bits per heavy atom. The van der Waals surface area contributed by atoms with Gasteiger partial charge in [0.05, 0.1) is 53.4 Å². The van der Waals surface area contributed by atoms with Crippen LogP contribution in [0.5, 0.6) is 11.5 Å². The van der Waals surface area contributed by atoms with Gasteiger partial charge < -0.3 is 54.0 Å². The van der Waals surface area contributed by atoms with Crippen molar-refractivity contribution in [3.05, 3.63) is 240 Å². The standard InChI is InChI=1S/C21H19N5O4.C15H17NO4.C14H14N2O3.C10H12N2O.C10H10O2.C9H11N3O2.C4H5ClO3.ClH/c1-26-16-15(8-5-11-22-16)29-12-14(19(26)28)23-17(27)18-24-25-20(30-18)21(9-10-21)13-6-3-2-4-7-13;1-2-20-13(18)12(17)10-16-14(19)15(8-9-15)11-6-4-3-5-7-11;1-2-18-12(17)11-15-16-13(19-11)14(8-9-14)10-6-4-3-5-7-10;11-12-9(13)10(6-7-10)8-4-2-1-3-5-8;11-9(12)10(6-7-10)8-4-2-1-3-5-8;1-12-8-7(3-2-4-11-8)14-5-6(10)9(12)13;1-2-8-4(7)3(5)6;/h2-8,11,14H,9-10,12H2,1H3,(H,23,27);3-7H,2,8-10H2,1H3,(H,16,19);3-7H,2,8-9H2,1H3;1-5H,6-7,11H2,(H,12,13);1-5H,6-7H2,(H,11,12);2-4,6H,5,10H2,1H3;2H2,1H3;1H/t14-;;;;;6-;;/m0....0../s1. The molecule has 5 aliphatic carbocycles. The lowest BCUT2D eigenvalue weighted by Gasteiger charge is -2.18.